The number of anilines is 1. The van der Waals surface area contributed by atoms with E-state index in [-0.39, 0.29) is 29.8 Å². The van der Waals surface area contributed by atoms with E-state index in [1.807, 2.05) is 12.3 Å². The highest BCUT2D eigenvalue weighted by molar-refractivity contribution is 7.13. The van der Waals surface area contributed by atoms with E-state index >= 15 is 0 Å². The molecule has 1 aliphatic rings. The second-order valence-corrected chi connectivity index (χ2v) is 7.02. The van der Waals surface area contributed by atoms with Crippen molar-refractivity contribution in [2.75, 3.05) is 12.4 Å². The van der Waals surface area contributed by atoms with E-state index in [0.717, 1.165) is 5.69 Å². The van der Waals surface area contributed by atoms with Crippen molar-refractivity contribution in [1.82, 2.24) is 15.0 Å². The molecule has 0 aromatic carbocycles. The van der Waals surface area contributed by atoms with E-state index < -0.39 is 5.92 Å². The highest BCUT2D eigenvalue weighted by Gasteiger charge is 2.35. The number of methoxy groups -OCH3 is 1. The molecule has 0 radical (unpaired) electrons. The number of nitrogens with zero attached hydrogens (tertiary/aromatic N) is 3. The lowest BCUT2D eigenvalue weighted by atomic mass is 9.92. The molecule has 130 valence electrons. The molecule has 2 aromatic heterocycles. The molecule has 2 aromatic rings. The van der Waals surface area contributed by atoms with Crippen LogP contribution in [0.2, 0.25) is 5.02 Å². The number of hydrogen-bond donors (Lipinski definition) is 1. The van der Waals surface area contributed by atoms with E-state index in [4.69, 9.17) is 16.3 Å². The van der Waals surface area contributed by atoms with Crippen LogP contribution in [0.1, 0.15) is 31.4 Å². The van der Waals surface area contributed by atoms with E-state index in [0.29, 0.717) is 29.5 Å². The van der Waals surface area contributed by atoms with Gasteiger partial charge in [0.15, 0.2) is 16.6 Å². The fraction of sp³-hybridized carbons (Fsp3) is 0.533. The predicted molar refractivity (Wildman–Crippen MR) is 90.3 cm³/mol. The quantitative estimate of drug-likeness (QED) is 0.850. The SMILES string of the molecule is COc1nc(-c2nc(C)cs2)nc(NC2CCC(F)(F)CC2)c1Cl. The second-order valence-electron chi connectivity index (χ2n) is 5.79. The summed E-state index contributed by atoms with van der Waals surface area (Å²) < 4.78 is 31.8. The zero-order valence-electron chi connectivity index (χ0n) is 13.3. The minimum Gasteiger partial charge on any atom is -0.480 e. The molecule has 3 rings (SSSR count). The summed E-state index contributed by atoms with van der Waals surface area (Å²) in [7, 11) is 1.47. The first-order chi connectivity index (χ1) is 11.4. The summed E-state index contributed by atoms with van der Waals surface area (Å²) in [6.45, 7) is 1.88. The lowest BCUT2D eigenvalue weighted by Gasteiger charge is -2.29. The molecule has 2 heterocycles. The van der Waals surface area contributed by atoms with E-state index in [1.165, 1.54) is 18.4 Å². The zero-order valence-corrected chi connectivity index (χ0v) is 14.8. The maximum atomic E-state index is 13.3. The van der Waals surface area contributed by atoms with Crippen LogP contribution in [0.15, 0.2) is 5.38 Å². The van der Waals surface area contributed by atoms with Gasteiger partial charge < -0.3 is 10.1 Å². The van der Waals surface area contributed by atoms with E-state index in [1.54, 1.807) is 0 Å². The molecule has 0 spiro atoms. The minimum atomic E-state index is -2.57. The monoisotopic (exact) mass is 374 g/mol. The standard InChI is InChI=1S/C15H17ClF2N4OS/c1-8-7-24-14(19-8)12-21-11(10(16)13(22-12)23-2)20-9-3-5-15(17,18)6-4-9/h7,9H,3-6H2,1-2H3,(H,20,21,22). The number of hydrogen-bond acceptors (Lipinski definition) is 6. The van der Waals surface area contributed by atoms with Crippen molar-refractivity contribution in [3.05, 3.63) is 16.1 Å². The average Bonchev–Trinajstić information content (AvgIpc) is 2.98. The Hall–Kier alpha value is -1.54. The first-order valence-electron chi connectivity index (χ1n) is 7.56. The fourth-order valence-electron chi connectivity index (χ4n) is 2.59. The van der Waals surface area contributed by atoms with Crippen LogP contribution in [-0.4, -0.2) is 34.0 Å². The van der Waals surface area contributed by atoms with Gasteiger partial charge >= 0.3 is 0 Å². The number of aryl methyl sites for hydroxylation is 1. The van der Waals surface area contributed by atoms with Crippen LogP contribution in [0.3, 0.4) is 0 Å². The number of nitrogens with one attached hydrogen (secondary N) is 1. The molecule has 1 fully saturated rings. The second kappa shape index (κ2) is 6.76. The lowest BCUT2D eigenvalue weighted by molar-refractivity contribution is -0.0361. The van der Waals surface area contributed by atoms with Gasteiger partial charge in [0.05, 0.1) is 7.11 Å². The van der Waals surface area contributed by atoms with Crippen molar-refractivity contribution < 1.29 is 13.5 Å². The first kappa shape index (κ1) is 17.3. The Labute approximate surface area is 147 Å². The number of rotatable bonds is 4. The number of halogens is 3. The van der Waals surface area contributed by atoms with Gasteiger partial charge in [0.25, 0.3) is 0 Å². The van der Waals surface area contributed by atoms with Crippen LogP contribution in [0.5, 0.6) is 5.88 Å². The Morgan fingerprint density at radius 2 is 2.00 bits per heavy atom. The van der Waals surface area contributed by atoms with E-state index in [2.05, 4.69) is 20.3 Å². The Balaban J connectivity index is 1.86. The largest absolute Gasteiger partial charge is 0.480 e. The number of alkyl halides is 2. The molecule has 0 aliphatic heterocycles. The summed E-state index contributed by atoms with van der Waals surface area (Å²) in [5.41, 5.74) is 0.872. The van der Waals surface area contributed by atoms with Crippen molar-refractivity contribution in [1.29, 1.82) is 0 Å². The summed E-state index contributed by atoms with van der Waals surface area (Å²) in [6, 6.07) is -0.104. The summed E-state index contributed by atoms with van der Waals surface area (Å²) in [6.07, 6.45) is 0.453. The van der Waals surface area contributed by atoms with Crippen molar-refractivity contribution in [3.63, 3.8) is 0 Å². The third-order valence-electron chi connectivity index (χ3n) is 3.88. The molecule has 1 N–H and O–H groups in total. The number of aromatic nitrogens is 3. The Bertz CT molecular complexity index is 730. The summed E-state index contributed by atoms with van der Waals surface area (Å²) in [5, 5.41) is 5.95. The average molecular weight is 375 g/mol. The summed E-state index contributed by atoms with van der Waals surface area (Å²) >= 11 is 7.69. The van der Waals surface area contributed by atoms with Gasteiger partial charge in [-0.05, 0) is 19.8 Å². The van der Waals surface area contributed by atoms with Gasteiger partial charge in [-0.25, -0.2) is 18.7 Å². The molecule has 1 saturated carbocycles. The van der Waals surface area contributed by atoms with Crippen molar-refractivity contribution in [2.24, 2.45) is 0 Å². The van der Waals surface area contributed by atoms with Gasteiger partial charge in [0.2, 0.25) is 11.8 Å². The zero-order chi connectivity index (χ0) is 17.3. The minimum absolute atomic E-state index is 0.104. The number of ether oxygens (including phenoxy) is 1. The molecule has 1 aliphatic carbocycles. The summed E-state index contributed by atoms with van der Waals surface area (Å²) in [4.78, 5) is 13.1. The van der Waals surface area contributed by atoms with Gasteiger partial charge in [-0.15, -0.1) is 11.3 Å². The van der Waals surface area contributed by atoms with Gasteiger partial charge in [-0.1, -0.05) is 11.6 Å². The van der Waals surface area contributed by atoms with Crippen molar-refractivity contribution >= 4 is 28.8 Å². The molecule has 0 atom stereocenters. The highest BCUT2D eigenvalue weighted by atomic mass is 35.5. The van der Waals surface area contributed by atoms with Gasteiger partial charge in [-0.3, -0.25) is 0 Å². The maximum Gasteiger partial charge on any atom is 0.248 e. The molecular weight excluding hydrogens is 358 g/mol. The molecule has 0 bridgehead atoms. The maximum absolute atomic E-state index is 13.3. The molecular formula is C15H17ClF2N4OS. The fourth-order valence-corrected chi connectivity index (χ4v) is 3.53. The number of thiazole rings is 1. The first-order valence-corrected chi connectivity index (χ1v) is 8.82. The van der Waals surface area contributed by atoms with Crippen molar-refractivity contribution in [3.8, 4) is 16.7 Å². The van der Waals surface area contributed by atoms with Crippen LogP contribution in [0.4, 0.5) is 14.6 Å². The van der Waals surface area contributed by atoms with Crippen LogP contribution < -0.4 is 10.1 Å². The van der Waals surface area contributed by atoms with Crippen LogP contribution >= 0.6 is 22.9 Å². The van der Waals surface area contributed by atoms with Gasteiger partial charge in [0.1, 0.15) is 5.02 Å². The van der Waals surface area contributed by atoms with Gasteiger partial charge in [-0.2, -0.15) is 4.98 Å². The topological polar surface area (TPSA) is 59.9 Å². The van der Waals surface area contributed by atoms with Crippen molar-refractivity contribution in [2.45, 2.75) is 44.6 Å². The molecule has 5 nitrogen and oxygen atoms in total. The summed E-state index contributed by atoms with van der Waals surface area (Å²) in [5.74, 6) is -1.55. The van der Waals surface area contributed by atoms with Gasteiger partial charge in [0, 0.05) is 30.0 Å². The van der Waals surface area contributed by atoms with Crippen LogP contribution in [-0.2, 0) is 0 Å². The third kappa shape index (κ3) is 3.75. The molecule has 9 heteroatoms. The smallest absolute Gasteiger partial charge is 0.248 e. The molecule has 24 heavy (non-hydrogen) atoms. The Kier molecular flexibility index (Phi) is 4.87. The van der Waals surface area contributed by atoms with E-state index in [9.17, 15) is 8.78 Å². The Morgan fingerprint density at radius 3 is 2.58 bits per heavy atom. The molecule has 0 amide bonds. The highest BCUT2D eigenvalue weighted by Crippen LogP contribution is 2.37. The normalized spacial score (nSPS) is 17.7. The van der Waals surface area contributed by atoms with Crippen LogP contribution in [0.25, 0.3) is 10.8 Å². The Morgan fingerprint density at radius 1 is 1.29 bits per heavy atom. The van der Waals surface area contributed by atoms with Crippen LogP contribution in [0, 0.1) is 6.92 Å². The predicted octanol–water partition coefficient (Wildman–Crippen LogP) is 4.56. The molecule has 0 saturated heterocycles. The lowest BCUT2D eigenvalue weighted by Crippen LogP contribution is -2.32. The third-order valence-corrected chi connectivity index (χ3v) is 5.18. The molecule has 0 unspecified atom stereocenters.